The molecule has 0 heterocycles. The van der Waals surface area contributed by atoms with Crippen molar-refractivity contribution in [1.29, 1.82) is 0 Å². The fourth-order valence-electron chi connectivity index (χ4n) is 2.48. The molecule has 0 radical (unpaired) electrons. The Labute approximate surface area is 77.8 Å². The molecule has 2 aliphatic carbocycles. The second-order valence-electron chi connectivity index (χ2n) is 4.00. The molecule has 1 nitrogen and oxygen atoms in total. The minimum atomic E-state index is -0.125. The minimum absolute atomic E-state index is 0.125. The second kappa shape index (κ2) is 3.21. The van der Waals surface area contributed by atoms with Gasteiger partial charge < -0.3 is 0 Å². The summed E-state index contributed by atoms with van der Waals surface area (Å²) in [7, 11) is 0. The third-order valence-corrected chi connectivity index (χ3v) is 3.35. The second-order valence-corrected chi connectivity index (χ2v) is 4.37. The van der Waals surface area contributed by atoms with Crippen LogP contribution in [0, 0.1) is 17.8 Å². The molecule has 12 heavy (non-hydrogen) atoms. The van der Waals surface area contributed by atoms with Gasteiger partial charge in [-0.2, -0.15) is 0 Å². The van der Waals surface area contributed by atoms with E-state index < -0.39 is 0 Å². The van der Waals surface area contributed by atoms with Gasteiger partial charge in [0.15, 0.2) is 0 Å². The number of fused-ring (bicyclic) bond motifs is 2. The first-order valence-electron chi connectivity index (χ1n) is 4.61. The van der Waals surface area contributed by atoms with Gasteiger partial charge in [0.1, 0.15) is 0 Å². The minimum Gasteiger partial charge on any atom is -0.281 e. The van der Waals surface area contributed by atoms with Gasteiger partial charge in [0.05, 0.1) is 0 Å². The summed E-state index contributed by atoms with van der Waals surface area (Å²) in [4.78, 5) is 11.0. The van der Waals surface area contributed by atoms with Crippen LogP contribution in [0.25, 0.3) is 0 Å². The molecule has 0 aromatic rings. The van der Waals surface area contributed by atoms with Gasteiger partial charge in [-0.15, -0.1) is 0 Å². The Bertz CT molecular complexity index is 222. The van der Waals surface area contributed by atoms with E-state index in [0.29, 0.717) is 5.92 Å². The van der Waals surface area contributed by atoms with Crippen molar-refractivity contribution < 1.29 is 4.79 Å². The van der Waals surface area contributed by atoms with Gasteiger partial charge in [-0.3, -0.25) is 4.79 Å². The Morgan fingerprint density at radius 2 is 2.17 bits per heavy atom. The molecule has 66 valence electrons. The van der Waals surface area contributed by atoms with Crippen molar-refractivity contribution in [2.75, 3.05) is 0 Å². The molecule has 0 unspecified atom stereocenters. The highest BCUT2D eigenvalue weighted by Crippen LogP contribution is 2.39. The van der Waals surface area contributed by atoms with Crippen LogP contribution in [0.5, 0.6) is 0 Å². The molecule has 0 saturated heterocycles. The fraction of sp³-hybridized carbons (Fsp3) is 0.700. The third kappa shape index (κ3) is 1.56. The quantitative estimate of drug-likeness (QED) is 0.453. The Morgan fingerprint density at radius 3 is 2.83 bits per heavy atom. The van der Waals surface area contributed by atoms with Crippen LogP contribution in [0.3, 0.4) is 0 Å². The topological polar surface area (TPSA) is 17.1 Å². The van der Waals surface area contributed by atoms with Crippen LogP contribution in [0.4, 0.5) is 0 Å². The van der Waals surface area contributed by atoms with Crippen LogP contribution in [0.15, 0.2) is 12.2 Å². The van der Waals surface area contributed by atoms with Crippen molar-refractivity contribution >= 4 is 16.8 Å². The van der Waals surface area contributed by atoms with E-state index in [1.807, 2.05) is 0 Å². The standard InChI is InChI=1S/C10H13ClO/c11-10(12)9-5-7-2-1-3-8(4-7)6-9/h1-2,7-9H,3-6H2/t7-,8+,9-/m0/s1. The highest BCUT2D eigenvalue weighted by molar-refractivity contribution is 6.63. The van der Waals surface area contributed by atoms with E-state index in [4.69, 9.17) is 11.6 Å². The van der Waals surface area contributed by atoms with Crippen molar-refractivity contribution in [3.63, 3.8) is 0 Å². The molecule has 0 aromatic carbocycles. The lowest BCUT2D eigenvalue weighted by molar-refractivity contribution is -0.116. The summed E-state index contributed by atoms with van der Waals surface area (Å²) >= 11 is 5.51. The molecule has 2 aliphatic rings. The number of rotatable bonds is 1. The van der Waals surface area contributed by atoms with Gasteiger partial charge in [0.25, 0.3) is 0 Å². The fourth-order valence-corrected chi connectivity index (χ4v) is 2.66. The highest BCUT2D eigenvalue weighted by Gasteiger charge is 2.32. The highest BCUT2D eigenvalue weighted by atomic mass is 35.5. The van der Waals surface area contributed by atoms with Crippen LogP contribution in [0.2, 0.25) is 0 Å². The molecule has 2 heteroatoms. The summed E-state index contributed by atoms with van der Waals surface area (Å²) < 4.78 is 0. The molecule has 2 rings (SSSR count). The van der Waals surface area contributed by atoms with Crippen LogP contribution >= 0.6 is 11.6 Å². The van der Waals surface area contributed by atoms with Gasteiger partial charge in [-0.1, -0.05) is 12.2 Å². The lowest BCUT2D eigenvalue weighted by Gasteiger charge is -2.34. The summed E-state index contributed by atoms with van der Waals surface area (Å²) in [5.74, 6) is 1.49. The molecule has 1 fully saturated rings. The number of halogens is 1. The van der Waals surface area contributed by atoms with E-state index in [1.54, 1.807) is 0 Å². The van der Waals surface area contributed by atoms with Crippen LogP contribution in [-0.4, -0.2) is 5.24 Å². The number of carbonyl (C=O) groups excluding carboxylic acids is 1. The molecule has 0 aromatic heterocycles. The monoisotopic (exact) mass is 184 g/mol. The zero-order valence-electron chi connectivity index (χ0n) is 7.00. The number of allylic oxidation sites excluding steroid dienone is 2. The molecule has 0 N–H and O–H groups in total. The van der Waals surface area contributed by atoms with E-state index in [-0.39, 0.29) is 11.2 Å². The lowest BCUT2D eigenvalue weighted by atomic mass is 9.71. The van der Waals surface area contributed by atoms with Crippen molar-refractivity contribution in [1.82, 2.24) is 0 Å². The predicted molar refractivity (Wildman–Crippen MR) is 48.9 cm³/mol. The van der Waals surface area contributed by atoms with Crippen LogP contribution < -0.4 is 0 Å². The number of hydrogen-bond donors (Lipinski definition) is 0. The molecule has 1 saturated carbocycles. The Morgan fingerprint density at radius 1 is 1.33 bits per heavy atom. The van der Waals surface area contributed by atoms with Gasteiger partial charge in [0.2, 0.25) is 5.24 Å². The summed E-state index contributed by atoms with van der Waals surface area (Å²) in [5.41, 5.74) is 0. The number of hydrogen-bond acceptors (Lipinski definition) is 1. The van der Waals surface area contributed by atoms with Gasteiger partial charge >= 0.3 is 0 Å². The van der Waals surface area contributed by atoms with Gasteiger partial charge in [-0.25, -0.2) is 0 Å². The maximum atomic E-state index is 11.0. The maximum Gasteiger partial charge on any atom is 0.224 e. The van der Waals surface area contributed by atoms with E-state index >= 15 is 0 Å². The zero-order chi connectivity index (χ0) is 8.55. The SMILES string of the molecule is O=C(Cl)[C@H]1C[C@H]2C=CC[C@H](C2)C1. The third-order valence-electron chi connectivity index (χ3n) is 3.04. The summed E-state index contributed by atoms with van der Waals surface area (Å²) in [5, 5.41) is -0.125. The van der Waals surface area contributed by atoms with Crippen molar-refractivity contribution in [2.45, 2.75) is 25.7 Å². The van der Waals surface area contributed by atoms with Crippen molar-refractivity contribution in [2.24, 2.45) is 17.8 Å². The van der Waals surface area contributed by atoms with Crippen molar-refractivity contribution in [3.05, 3.63) is 12.2 Å². The average molecular weight is 185 g/mol. The number of carbonyl (C=O) groups is 1. The van der Waals surface area contributed by atoms with Gasteiger partial charge in [0, 0.05) is 5.92 Å². The summed E-state index contributed by atoms with van der Waals surface area (Å²) in [6.45, 7) is 0. The first kappa shape index (κ1) is 8.31. The molecule has 2 bridgehead atoms. The molecular weight excluding hydrogens is 172 g/mol. The van der Waals surface area contributed by atoms with Crippen LogP contribution in [-0.2, 0) is 4.79 Å². The molecule has 3 atom stereocenters. The summed E-state index contributed by atoms with van der Waals surface area (Å²) in [6, 6.07) is 0. The zero-order valence-corrected chi connectivity index (χ0v) is 7.76. The molecular formula is C10H13ClO. The van der Waals surface area contributed by atoms with E-state index in [9.17, 15) is 4.79 Å². The first-order chi connectivity index (χ1) is 5.75. The first-order valence-corrected chi connectivity index (χ1v) is 4.99. The molecule has 0 spiro atoms. The van der Waals surface area contributed by atoms with Gasteiger partial charge in [-0.05, 0) is 49.1 Å². The van der Waals surface area contributed by atoms with E-state index in [2.05, 4.69) is 12.2 Å². The normalized spacial score (nSPS) is 39.6. The Kier molecular flexibility index (Phi) is 2.22. The van der Waals surface area contributed by atoms with E-state index in [1.165, 1.54) is 6.42 Å². The average Bonchev–Trinajstić information content (AvgIpc) is 2.03. The largest absolute Gasteiger partial charge is 0.281 e. The Hall–Kier alpha value is -0.300. The van der Waals surface area contributed by atoms with Crippen molar-refractivity contribution in [3.8, 4) is 0 Å². The lowest BCUT2D eigenvalue weighted by Crippen LogP contribution is -2.27. The smallest absolute Gasteiger partial charge is 0.224 e. The predicted octanol–water partition coefficient (Wildman–Crippen LogP) is 2.74. The van der Waals surface area contributed by atoms with E-state index in [0.717, 1.165) is 25.2 Å². The van der Waals surface area contributed by atoms with Crippen LogP contribution in [0.1, 0.15) is 25.7 Å². The maximum absolute atomic E-state index is 11.0. The molecule has 0 aliphatic heterocycles. The Balaban J connectivity index is 2.07. The summed E-state index contributed by atoms with van der Waals surface area (Å²) in [6.07, 6.45) is 8.93. The molecule has 0 amide bonds.